The predicted octanol–water partition coefficient (Wildman–Crippen LogP) is 1.08. The maximum atomic E-state index is 5.52. The molecule has 2 N–H and O–H groups in total. The van der Waals surface area contributed by atoms with Gasteiger partial charge in [0.05, 0.1) is 0 Å². The van der Waals surface area contributed by atoms with Gasteiger partial charge in [-0.15, -0.1) is 0 Å². The fourth-order valence-electron chi connectivity index (χ4n) is 0.735. The Kier molecular flexibility index (Phi) is 1.49. The molecule has 0 fully saturated rings. The summed E-state index contributed by atoms with van der Waals surface area (Å²) in [5.41, 5.74) is 5.52. The van der Waals surface area contributed by atoms with Gasteiger partial charge < -0.3 is 5.73 Å². The van der Waals surface area contributed by atoms with E-state index in [1.807, 2.05) is 12.2 Å². The third-order valence-electron chi connectivity index (χ3n) is 1.27. The van der Waals surface area contributed by atoms with E-state index in [2.05, 4.69) is 19.1 Å². The van der Waals surface area contributed by atoms with Gasteiger partial charge in [-0.05, 0) is 5.92 Å². The number of hydrogen-bond donors (Lipinski definition) is 1. The Hall–Kier alpha value is -0.560. The summed E-state index contributed by atoms with van der Waals surface area (Å²) in [6.45, 7) is 2.14. The van der Waals surface area contributed by atoms with Crippen molar-refractivity contribution in [2.45, 2.75) is 13.0 Å². The summed E-state index contributed by atoms with van der Waals surface area (Å²) >= 11 is 0. The van der Waals surface area contributed by atoms with E-state index in [1.54, 1.807) is 0 Å². The monoisotopic (exact) mass is 109 g/mol. The molecule has 0 saturated heterocycles. The van der Waals surface area contributed by atoms with E-state index in [1.165, 1.54) is 0 Å². The first-order valence-electron chi connectivity index (χ1n) is 2.91. The summed E-state index contributed by atoms with van der Waals surface area (Å²) < 4.78 is 0. The predicted molar refractivity (Wildman–Crippen MR) is 35.4 cm³/mol. The van der Waals surface area contributed by atoms with Crippen molar-refractivity contribution >= 4 is 0 Å². The first-order chi connectivity index (χ1) is 3.79. The molecule has 1 heteroatoms. The lowest BCUT2D eigenvalue weighted by molar-refractivity contribution is 0.868. The van der Waals surface area contributed by atoms with Crippen molar-refractivity contribution in [2.24, 2.45) is 11.7 Å². The molecule has 0 spiro atoms. The minimum Gasteiger partial charge on any atom is -0.321 e. The van der Waals surface area contributed by atoms with E-state index in [0.29, 0.717) is 5.92 Å². The summed E-state index contributed by atoms with van der Waals surface area (Å²) in [4.78, 5) is 0. The van der Waals surface area contributed by atoms with Gasteiger partial charge in [0.25, 0.3) is 0 Å². The highest BCUT2D eigenvalue weighted by molar-refractivity contribution is 5.14. The molecule has 0 atom stereocenters. The maximum Gasteiger partial charge on any atom is 0.0410 e. The van der Waals surface area contributed by atoms with Gasteiger partial charge >= 0.3 is 0 Å². The minimum absolute atomic E-state index is 0.159. The normalized spacial score (nSPS) is 35.8. The minimum atomic E-state index is 0.159. The zero-order valence-electron chi connectivity index (χ0n) is 5.04. The summed E-state index contributed by atoms with van der Waals surface area (Å²) in [5, 5.41) is 0. The molecule has 0 saturated carbocycles. The van der Waals surface area contributed by atoms with Crippen LogP contribution in [0.25, 0.3) is 0 Å². The van der Waals surface area contributed by atoms with Crippen LogP contribution in [0.15, 0.2) is 24.3 Å². The Morgan fingerprint density at radius 2 is 1.62 bits per heavy atom. The van der Waals surface area contributed by atoms with Gasteiger partial charge in [-0.25, -0.2) is 0 Å². The van der Waals surface area contributed by atoms with Crippen molar-refractivity contribution in [2.75, 3.05) is 0 Å². The van der Waals surface area contributed by atoms with Crippen molar-refractivity contribution < 1.29 is 0 Å². The van der Waals surface area contributed by atoms with Crippen LogP contribution in [0.2, 0.25) is 0 Å². The van der Waals surface area contributed by atoms with Gasteiger partial charge in [0.2, 0.25) is 0 Å². The Labute approximate surface area is 49.9 Å². The van der Waals surface area contributed by atoms with Crippen molar-refractivity contribution in [1.82, 2.24) is 0 Å². The smallest absolute Gasteiger partial charge is 0.0410 e. The summed E-state index contributed by atoms with van der Waals surface area (Å²) in [6, 6.07) is 0.159. The Morgan fingerprint density at radius 1 is 1.12 bits per heavy atom. The highest BCUT2D eigenvalue weighted by Crippen LogP contribution is 2.05. The van der Waals surface area contributed by atoms with Crippen molar-refractivity contribution in [3.63, 3.8) is 0 Å². The lowest BCUT2D eigenvalue weighted by Gasteiger charge is -2.07. The van der Waals surface area contributed by atoms with E-state index in [9.17, 15) is 0 Å². The second kappa shape index (κ2) is 2.14. The molecule has 1 nitrogen and oxygen atoms in total. The first kappa shape index (κ1) is 5.57. The van der Waals surface area contributed by atoms with Gasteiger partial charge in [0, 0.05) is 6.04 Å². The fourth-order valence-corrected chi connectivity index (χ4v) is 0.735. The van der Waals surface area contributed by atoms with Crippen molar-refractivity contribution in [3.8, 4) is 0 Å². The summed E-state index contributed by atoms with van der Waals surface area (Å²) in [5.74, 6) is 0.579. The highest BCUT2D eigenvalue weighted by atomic mass is 14.6. The van der Waals surface area contributed by atoms with Crippen LogP contribution in [0.4, 0.5) is 0 Å². The number of nitrogens with two attached hydrogens (primary N) is 1. The van der Waals surface area contributed by atoms with E-state index in [-0.39, 0.29) is 6.04 Å². The molecule has 1 aliphatic rings. The van der Waals surface area contributed by atoms with E-state index in [0.717, 1.165) is 0 Å². The lowest BCUT2D eigenvalue weighted by atomic mass is 10.0. The standard InChI is InChI=1S/C7H11N/c1-6-2-4-7(8)5-3-6/h2-7H,8H2,1H3. The van der Waals surface area contributed by atoms with Crippen LogP contribution < -0.4 is 5.73 Å². The topological polar surface area (TPSA) is 26.0 Å². The van der Waals surface area contributed by atoms with Crippen molar-refractivity contribution in [3.05, 3.63) is 24.3 Å². The van der Waals surface area contributed by atoms with Crippen LogP contribution in [0.5, 0.6) is 0 Å². The van der Waals surface area contributed by atoms with Gasteiger partial charge in [-0.3, -0.25) is 0 Å². The Morgan fingerprint density at radius 3 is 2.00 bits per heavy atom. The van der Waals surface area contributed by atoms with Crippen LogP contribution in [-0.2, 0) is 0 Å². The molecule has 0 aliphatic heterocycles. The van der Waals surface area contributed by atoms with Crippen LogP contribution >= 0.6 is 0 Å². The third kappa shape index (κ3) is 1.20. The molecule has 1 aliphatic carbocycles. The molecule has 0 heterocycles. The van der Waals surface area contributed by atoms with Crippen LogP contribution in [-0.4, -0.2) is 6.04 Å². The molecular formula is C7H11N. The second-order valence-corrected chi connectivity index (χ2v) is 2.21. The highest BCUT2D eigenvalue weighted by Gasteiger charge is 1.98. The van der Waals surface area contributed by atoms with Gasteiger partial charge in [-0.2, -0.15) is 0 Å². The van der Waals surface area contributed by atoms with E-state index in [4.69, 9.17) is 5.73 Å². The van der Waals surface area contributed by atoms with Crippen LogP contribution in [0.1, 0.15) is 6.92 Å². The Balaban J connectivity index is 2.54. The van der Waals surface area contributed by atoms with Crippen molar-refractivity contribution in [1.29, 1.82) is 0 Å². The molecule has 44 valence electrons. The number of hydrogen-bond acceptors (Lipinski definition) is 1. The number of allylic oxidation sites excluding steroid dienone is 2. The van der Waals surface area contributed by atoms with Gasteiger partial charge in [0.1, 0.15) is 0 Å². The molecular weight excluding hydrogens is 98.1 g/mol. The zero-order chi connectivity index (χ0) is 5.98. The van der Waals surface area contributed by atoms with Crippen LogP contribution in [0, 0.1) is 5.92 Å². The third-order valence-corrected chi connectivity index (χ3v) is 1.27. The average Bonchev–Trinajstić information content (AvgIpc) is 1.77. The van der Waals surface area contributed by atoms with E-state index >= 15 is 0 Å². The molecule has 0 aromatic heterocycles. The zero-order valence-corrected chi connectivity index (χ0v) is 5.04. The van der Waals surface area contributed by atoms with E-state index < -0.39 is 0 Å². The number of rotatable bonds is 0. The molecule has 0 radical (unpaired) electrons. The van der Waals surface area contributed by atoms with Gasteiger partial charge in [0.15, 0.2) is 0 Å². The summed E-state index contributed by atoms with van der Waals surface area (Å²) in [6.07, 6.45) is 8.27. The molecule has 0 aromatic rings. The Bertz CT molecular complexity index is 96.3. The average molecular weight is 109 g/mol. The molecule has 0 aromatic carbocycles. The lowest BCUT2D eigenvalue weighted by Crippen LogP contribution is -2.15. The molecule has 0 amide bonds. The quantitative estimate of drug-likeness (QED) is 0.463. The maximum absolute atomic E-state index is 5.52. The van der Waals surface area contributed by atoms with Gasteiger partial charge in [-0.1, -0.05) is 31.2 Å². The fraction of sp³-hybridized carbons (Fsp3) is 0.429. The molecule has 1 rings (SSSR count). The molecule has 0 unspecified atom stereocenters. The first-order valence-corrected chi connectivity index (χ1v) is 2.91. The molecule has 0 bridgehead atoms. The second-order valence-electron chi connectivity index (χ2n) is 2.21. The summed E-state index contributed by atoms with van der Waals surface area (Å²) in [7, 11) is 0. The van der Waals surface area contributed by atoms with Crippen LogP contribution in [0.3, 0.4) is 0 Å². The SMILES string of the molecule is CC1C=CC(N)C=C1. The largest absolute Gasteiger partial charge is 0.321 e. The molecule has 8 heavy (non-hydrogen) atoms.